The van der Waals surface area contributed by atoms with Crippen molar-refractivity contribution in [3.63, 3.8) is 0 Å². The van der Waals surface area contributed by atoms with Gasteiger partial charge < -0.3 is 56.7 Å². The van der Waals surface area contributed by atoms with Crippen LogP contribution in [0.4, 0.5) is 5.69 Å². The second-order valence-electron chi connectivity index (χ2n) is 16.4. The second kappa shape index (κ2) is 24.1. The number of rotatable bonds is 20. The molecule has 0 fully saturated rings. The van der Waals surface area contributed by atoms with Crippen molar-refractivity contribution in [2.24, 2.45) is 5.92 Å². The molecule has 0 aromatic heterocycles. The number of aliphatic carboxylic acids is 1. The third-order valence-corrected chi connectivity index (χ3v) is 11.0. The van der Waals surface area contributed by atoms with Gasteiger partial charge in [0.25, 0.3) is 0 Å². The van der Waals surface area contributed by atoms with E-state index in [1.807, 2.05) is 0 Å². The van der Waals surface area contributed by atoms with E-state index in [-0.39, 0.29) is 34.6 Å². The Morgan fingerprint density at radius 3 is 2.11 bits per heavy atom. The number of hydrogen-bond acceptors (Lipinski definition) is 12. The minimum atomic E-state index is -1.62. The van der Waals surface area contributed by atoms with Crippen LogP contribution in [0.15, 0.2) is 30.3 Å². The lowest BCUT2D eigenvalue weighted by atomic mass is 9.93. The zero-order chi connectivity index (χ0) is 47.1. The fraction of sp³-hybridized carbons (Fsp3) is 0.558. The molecule has 20 nitrogen and oxygen atoms in total. The van der Waals surface area contributed by atoms with Crippen molar-refractivity contribution < 1.29 is 64.4 Å². The number of carboxylic acid groups (broad SMARTS) is 1. The van der Waals surface area contributed by atoms with Gasteiger partial charge >= 0.3 is 5.97 Å². The smallest absolute Gasteiger partial charge is 0.326 e. The highest BCUT2D eigenvalue weighted by atomic mass is 16.8. The van der Waals surface area contributed by atoms with E-state index in [1.54, 1.807) is 0 Å². The first-order valence-corrected chi connectivity index (χ1v) is 21.1. The maximum Gasteiger partial charge on any atom is 0.326 e. The van der Waals surface area contributed by atoms with Crippen molar-refractivity contribution in [3.8, 4) is 22.6 Å². The van der Waals surface area contributed by atoms with Gasteiger partial charge in [0.2, 0.25) is 41.1 Å². The maximum absolute atomic E-state index is 13.9. The molecule has 1 aliphatic rings. The van der Waals surface area contributed by atoms with E-state index in [9.17, 15) is 64.4 Å². The molecule has 0 saturated heterocycles. The molecule has 6 atom stereocenters. The number of aromatic hydroxyl groups is 2. The van der Waals surface area contributed by atoms with Crippen molar-refractivity contribution in [1.82, 2.24) is 31.1 Å². The van der Waals surface area contributed by atoms with Crippen molar-refractivity contribution >= 4 is 47.1 Å². The van der Waals surface area contributed by atoms with Crippen LogP contribution in [0.3, 0.4) is 0 Å². The number of fused-ring (bicyclic) bond motifs is 5. The van der Waals surface area contributed by atoms with Crippen LogP contribution in [0.5, 0.6) is 11.5 Å². The average Bonchev–Trinajstić information content (AvgIpc) is 3.22. The molecule has 1 heterocycles. The second-order valence-corrected chi connectivity index (χ2v) is 16.4. The lowest BCUT2D eigenvalue weighted by molar-refractivity contribution is -0.991. The first-order chi connectivity index (χ1) is 29.7. The normalized spacial score (nSPS) is 17.9. The van der Waals surface area contributed by atoms with Gasteiger partial charge in [0.15, 0.2) is 5.75 Å². The number of aliphatic hydroxyl groups is 1. The van der Waals surface area contributed by atoms with Crippen molar-refractivity contribution in [3.05, 3.63) is 46.7 Å². The van der Waals surface area contributed by atoms with E-state index in [2.05, 4.69) is 35.1 Å². The largest absolute Gasteiger partial charge is 0.595 e. The molecule has 63 heavy (non-hydrogen) atoms. The van der Waals surface area contributed by atoms with Crippen LogP contribution in [-0.4, -0.2) is 128 Å². The number of hydrogen-bond donors (Lipinski definition) is 10. The molecule has 3 rings (SSSR count). The van der Waals surface area contributed by atoms with Crippen LogP contribution < -0.4 is 26.5 Å². The Morgan fingerprint density at radius 1 is 0.873 bits per heavy atom. The Labute approximate surface area is 366 Å². The quantitative estimate of drug-likeness (QED) is 0.0503. The van der Waals surface area contributed by atoms with Crippen LogP contribution >= 0.6 is 0 Å². The zero-order valence-electron chi connectivity index (χ0n) is 36.7. The van der Waals surface area contributed by atoms with Crippen LogP contribution in [0, 0.1) is 11.1 Å². The topological polar surface area (TPSA) is 303 Å². The molecule has 2 aromatic rings. The fourth-order valence-corrected chi connectivity index (χ4v) is 7.16. The lowest BCUT2D eigenvalue weighted by Gasteiger charge is -2.30. The van der Waals surface area contributed by atoms with E-state index in [0.717, 1.165) is 47.6 Å². The molecule has 6 amide bonds. The fourth-order valence-electron chi connectivity index (χ4n) is 7.16. The number of likely N-dealkylation sites (N-methyl/N-ethyl adjacent to an activating group) is 2. The minimum absolute atomic E-state index is 0.0131. The van der Waals surface area contributed by atoms with E-state index in [4.69, 9.17) is 0 Å². The third kappa shape index (κ3) is 14.6. The Hall–Kier alpha value is -5.83. The molecule has 0 spiro atoms. The predicted molar refractivity (Wildman–Crippen MR) is 228 cm³/mol. The summed E-state index contributed by atoms with van der Waals surface area (Å²) in [4.78, 5) is 94.0. The Balaban J connectivity index is 1.74. The third-order valence-electron chi connectivity index (χ3n) is 11.0. The summed E-state index contributed by atoms with van der Waals surface area (Å²) in [5.41, 5.74) is -1.01. The summed E-state index contributed by atoms with van der Waals surface area (Å²) in [6, 6.07) is -1.24. The van der Waals surface area contributed by atoms with Gasteiger partial charge in [0.1, 0.15) is 36.0 Å². The number of quaternary nitrogens is 1. The predicted octanol–water partition coefficient (Wildman–Crippen LogP) is 0.905. The molecule has 0 radical (unpaired) electrons. The van der Waals surface area contributed by atoms with E-state index in [0.29, 0.717) is 12.3 Å². The van der Waals surface area contributed by atoms with Crippen LogP contribution in [0.25, 0.3) is 11.1 Å². The molecule has 348 valence electrons. The Bertz CT molecular complexity index is 1960. The van der Waals surface area contributed by atoms with Crippen LogP contribution in [0.1, 0.15) is 103 Å². The molecule has 4 bridgehead atoms. The van der Waals surface area contributed by atoms with E-state index < -0.39 is 108 Å². The molecular weight excluding hydrogens is 823 g/mol. The van der Waals surface area contributed by atoms with Gasteiger partial charge in [-0.2, -0.15) is 5.23 Å². The summed E-state index contributed by atoms with van der Waals surface area (Å²) in [5.74, 6) is -6.79. The average molecular weight is 886 g/mol. The minimum Gasteiger partial charge on any atom is -0.595 e. The standard InChI is InChI=1S/C43H63N7O13/c1-24(2)14-12-10-8-7-9-11-13-15-35(53)48(5)33(23-51)41(58)45-25(3)39(56)44-22-36(54)49(6)37-28-16-17-34(52)29(21-28)30-18-27(20-32(38(30)55)50(62)63)19-31(43(60)61)47-40(57)26(4)46-42(37)59/h16-18,20-21,24-26,31,33,37,50-52,55,62H,7-15,19,22-23H2,1-6H3,(H,44,56)(H,45,58)(H,46,59)(H,47,57)(H,60,61). The molecular formula is C43H63N7O13. The van der Waals surface area contributed by atoms with E-state index >= 15 is 0 Å². The number of carbonyl (C=O) groups is 7. The van der Waals surface area contributed by atoms with Gasteiger partial charge in [-0.15, -0.1) is 0 Å². The molecule has 10 N–H and O–H groups in total. The summed E-state index contributed by atoms with van der Waals surface area (Å²) in [6.45, 7) is 5.58. The first kappa shape index (κ1) is 51.5. The Morgan fingerprint density at radius 2 is 1.51 bits per heavy atom. The van der Waals surface area contributed by atoms with Gasteiger partial charge in [0, 0.05) is 44.1 Å². The molecule has 20 heteroatoms. The highest BCUT2D eigenvalue weighted by Crippen LogP contribution is 2.41. The highest BCUT2D eigenvalue weighted by Gasteiger charge is 2.34. The number of amides is 6. The summed E-state index contributed by atoms with van der Waals surface area (Å²) < 4.78 is 0. The number of phenols is 2. The Kier molecular flexibility index (Phi) is 19.7. The van der Waals surface area contributed by atoms with Crippen molar-refractivity contribution in [2.75, 3.05) is 27.2 Å². The van der Waals surface area contributed by atoms with Gasteiger partial charge in [-0.25, -0.2) is 10.0 Å². The SMILES string of the molecule is CC(C)CCCCCCCCCC(=O)N(C)C(CO)C(=O)NC(C)C(=O)NCC(=O)N(C)C1C(=O)NC(C)C(=O)NC(C(=O)O)Cc2cc(c(O)c([NH+]([O-])O)c2)-c2cc1ccc2O. The summed E-state index contributed by atoms with van der Waals surface area (Å²) >= 11 is 0. The molecule has 0 aliphatic carbocycles. The van der Waals surface area contributed by atoms with Gasteiger partial charge in [-0.1, -0.05) is 64.9 Å². The number of aliphatic hydroxyl groups excluding tert-OH is 1. The number of phenolic OH excluding ortho intramolecular Hbond substituents is 2. The number of carbonyl (C=O) groups excluding carboxylic acids is 6. The summed E-state index contributed by atoms with van der Waals surface area (Å²) in [5, 5.41) is 71.8. The first-order valence-electron chi connectivity index (χ1n) is 21.1. The van der Waals surface area contributed by atoms with E-state index in [1.165, 1.54) is 65.4 Å². The maximum atomic E-state index is 13.9. The molecule has 6 unspecified atom stereocenters. The van der Waals surface area contributed by atoms with Gasteiger partial charge in [-0.05, 0) is 55.5 Å². The highest BCUT2D eigenvalue weighted by molar-refractivity contribution is 5.96. The molecule has 0 saturated carbocycles. The van der Waals surface area contributed by atoms with Crippen LogP contribution in [0.2, 0.25) is 0 Å². The lowest BCUT2D eigenvalue weighted by Crippen LogP contribution is -2.99. The number of unbranched alkanes of at least 4 members (excludes halogenated alkanes) is 6. The monoisotopic (exact) mass is 885 g/mol. The number of benzene rings is 2. The molecule has 1 aliphatic heterocycles. The van der Waals surface area contributed by atoms with Gasteiger partial charge in [-0.3, -0.25) is 28.8 Å². The number of nitrogens with one attached hydrogen (secondary N) is 5. The van der Waals surface area contributed by atoms with Crippen LogP contribution in [-0.2, 0) is 40.0 Å². The summed E-state index contributed by atoms with van der Waals surface area (Å²) in [7, 11) is 2.60. The van der Waals surface area contributed by atoms with Gasteiger partial charge in [0.05, 0.1) is 13.2 Å². The summed E-state index contributed by atoms with van der Waals surface area (Å²) in [6.07, 6.45) is 8.04. The van der Waals surface area contributed by atoms with Crippen molar-refractivity contribution in [1.29, 1.82) is 0 Å². The molecule has 2 aromatic carbocycles. The zero-order valence-corrected chi connectivity index (χ0v) is 36.7. The number of carboxylic acids is 1. The van der Waals surface area contributed by atoms with Crippen molar-refractivity contribution in [2.45, 2.75) is 122 Å². The number of nitrogens with zero attached hydrogens (tertiary/aromatic N) is 2.